The molecular weight excluding hydrogens is 276 g/mol. The fourth-order valence-electron chi connectivity index (χ4n) is 2.46. The molecule has 21 heavy (non-hydrogen) atoms. The number of rotatable bonds is 1. The minimum atomic E-state index is -0.459. The van der Waals surface area contributed by atoms with Crippen LogP contribution in [0.1, 0.15) is 5.56 Å². The number of aryl methyl sites for hydroxylation is 1. The number of hydrogen-bond donors (Lipinski definition) is 3. The van der Waals surface area contributed by atoms with Gasteiger partial charge in [-0.1, -0.05) is 0 Å². The first kappa shape index (κ1) is 13.1. The molecule has 1 aromatic heterocycles. The van der Waals surface area contributed by atoms with E-state index >= 15 is 0 Å². The van der Waals surface area contributed by atoms with Gasteiger partial charge in [-0.05, 0) is 18.6 Å². The van der Waals surface area contributed by atoms with Gasteiger partial charge < -0.3 is 24.5 Å². The molecule has 0 saturated heterocycles. The van der Waals surface area contributed by atoms with Crippen LogP contribution >= 0.6 is 0 Å². The zero-order valence-corrected chi connectivity index (χ0v) is 11.3. The second-order valence-electron chi connectivity index (χ2n) is 4.72. The molecule has 0 aliphatic heterocycles. The average Bonchev–Trinajstić information content (AvgIpc) is 2.37. The van der Waals surface area contributed by atoms with E-state index < -0.39 is 5.43 Å². The minimum Gasteiger partial charge on any atom is -0.508 e. The SMILES string of the molecule is COc1c(O)cc(C)c2c(=O)c3c(O)cc(O)cc3oc12. The van der Waals surface area contributed by atoms with Gasteiger partial charge in [0.2, 0.25) is 11.2 Å². The van der Waals surface area contributed by atoms with Crippen molar-refractivity contribution in [1.29, 1.82) is 0 Å². The second kappa shape index (κ2) is 4.31. The van der Waals surface area contributed by atoms with Gasteiger partial charge in [0.25, 0.3) is 0 Å². The van der Waals surface area contributed by atoms with E-state index in [-0.39, 0.29) is 44.9 Å². The third-order valence-corrected chi connectivity index (χ3v) is 3.35. The third kappa shape index (κ3) is 1.76. The van der Waals surface area contributed by atoms with Crippen LogP contribution in [-0.4, -0.2) is 22.4 Å². The van der Waals surface area contributed by atoms with Crippen LogP contribution in [0, 0.1) is 6.92 Å². The van der Waals surface area contributed by atoms with Gasteiger partial charge in [-0.15, -0.1) is 0 Å². The average molecular weight is 288 g/mol. The largest absolute Gasteiger partial charge is 0.508 e. The summed E-state index contributed by atoms with van der Waals surface area (Å²) in [7, 11) is 1.34. The van der Waals surface area contributed by atoms with Crippen molar-refractivity contribution in [2.24, 2.45) is 0 Å². The van der Waals surface area contributed by atoms with Gasteiger partial charge >= 0.3 is 0 Å². The lowest BCUT2D eigenvalue weighted by atomic mass is 10.1. The highest BCUT2D eigenvalue weighted by Crippen LogP contribution is 2.38. The van der Waals surface area contributed by atoms with E-state index in [1.165, 1.54) is 19.2 Å². The Kier molecular flexibility index (Phi) is 2.69. The number of phenolic OH excluding ortho intramolecular Hbond substituents is 3. The zero-order valence-electron chi connectivity index (χ0n) is 11.3. The summed E-state index contributed by atoms with van der Waals surface area (Å²) in [6.45, 7) is 1.64. The normalized spacial score (nSPS) is 11.1. The molecule has 0 atom stereocenters. The lowest BCUT2D eigenvalue weighted by molar-refractivity contribution is 0.371. The van der Waals surface area contributed by atoms with Gasteiger partial charge in [0.1, 0.15) is 22.5 Å². The van der Waals surface area contributed by atoms with E-state index in [0.717, 1.165) is 6.07 Å². The van der Waals surface area contributed by atoms with Gasteiger partial charge in [-0.2, -0.15) is 0 Å². The molecule has 0 spiro atoms. The molecule has 0 radical (unpaired) electrons. The smallest absolute Gasteiger partial charge is 0.204 e. The number of hydrogen-bond acceptors (Lipinski definition) is 6. The maximum absolute atomic E-state index is 12.6. The van der Waals surface area contributed by atoms with Crippen molar-refractivity contribution in [3.63, 3.8) is 0 Å². The van der Waals surface area contributed by atoms with E-state index in [1.54, 1.807) is 6.92 Å². The van der Waals surface area contributed by atoms with Gasteiger partial charge in [0.05, 0.1) is 12.5 Å². The van der Waals surface area contributed by atoms with Crippen molar-refractivity contribution >= 4 is 21.9 Å². The number of benzene rings is 2. The highest BCUT2D eigenvalue weighted by molar-refractivity contribution is 5.98. The summed E-state index contributed by atoms with van der Waals surface area (Å²) >= 11 is 0. The van der Waals surface area contributed by atoms with Crippen LogP contribution in [0.3, 0.4) is 0 Å². The Balaban J connectivity index is 2.66. The number of phenols is 3. The predicted molar refractivity (Wildman–Crippen MR) is 76.3 cm³/mol. The lowest BCUT2D eigenvalue weighted by Crippen LogP contribution is -2.05. The topological polar surface area (TPSA) is 100 Å². The van der Waals surface area contributed by atoms with E-state index in [9.17, 15) is 20.1 Å². The standard InChI is InChI=1S/C15H12O6/c1-6-3-9(18)14(20-2)15-11(6)13(19)12-8(17)4-7(16)5-10(12)21-15/h3-5,16-18H,1-2H3. The molecule has 108 valence electrons. The Morgan fingerprint density at radius 3 is 2.43 bits per heavy atom. The molecule has 0 fully saturated rings. The second-order valence-corrected chi connectivity index (χ2v) is 4.72. The molecule has 0 saturated carbocycles. The molecule has 0 aliphatic carbocycles. The first-order chi connectivity index (χ1) is 9.93. The number of aromatic hydroxyl groups is 3. The van der Waals surface area contributed by atoms with Crippen LogP contribution < -0.4 is 10.2 Å². The Morgan fingerprint density at radius 2 is 1.76 bits per heavy atom. The Morgan fingerprint density at radius 1 is 1.05 bits per heavy atom. The first-order valence-corrected chi connectivity index (χ1v) is 6.13. The summed E-state index contributed by atoms with van der Waals surface area (Å²) in [5.41, 5.74) is 0.108. The molecule has 0 unspecified atom stereocenters. The van der Waals surface area contributed by atoms with E-state index in [4.69, 9.17) is 9.15 Å². The quantitative estimate of drug-likeness (QED) is 0.594. The third-order valence-electron chi connectivity index (χ3n) is 3.35. The monoisotopic (exact) mass is 288 g/mol. The van der Waals surface area contributed by atoms with Crippen molar-refractivity contribution in [2.45, 2.75) is 6.92 Å². The molecule has 6 heteroatoms. The highest BCUT2D eigenvalue weighted by atomic mass is 16.5. The summed E-state index contributed by atoms with van der Waals surface area (Å²) in [5, 5.41) is 29.4. The van der Waals surface area contributed by atoms with E-state index in [2.05, 4.69) is 0 Å². The summed E-state index contributed by atoms with van der Waals surface area (Å²) in [4.78, 5) is 12.6. The van der Waals surface area contributed by atoms with Gasteiger partial charge in [-0.3, -0.25) is 4.79 Å². The molecule has 3 rings (SSSR count). The molecule has 0 bridgehead atoms. The Hall–Kier alpha value is -2.89. The van der Waals surface area contributed by atoms with Crippen LogP contribution in [0.4, 0.5) is 0 Å². The van der Waals surface area contributed by atoms with Crippen LogP contribution in [0.2, 0.25) is 0 Å². The fraction of sp³-hybridized carbons (Fsp3) is 0.133. The minimum absolute atomic E-state index is 0.00769. The predicted octanol–water partition coefficient (Wildman–Crippen LogP) is 2.38. The summed E-state index contributed by atoms with van der Waals surface area (Å²) in [5.74, 6) is -0.739. The van der Waals surface area contributed by atoms with Crippen LogP contribution in [0.15, 0.2) is 27.4 Å². The molecule has 2 aromatic carbocycles. The van der Waals surface area contributed by atoms with Gasteiger partial charge in [0.15, 0.2) is 11.3 Å². The molecule has 3 N–H and O–H groups in total. The summed E-state index contributed by atoms with van der Waals surface area (Å²) < 4.78 is 10.6. The van der Waals surface area contributed by atoms with Gasteiger partial charge in [0, 0.05) is 12.1 Å². The van der Waals surface area contributed by atoms with Gasteiger partial charge in [-0.25, -0.2) is 0 Å². The molecule has 6 nitrogen and oxygen atoms in total. The van der Waals surface area contributed by atoms with Crippen molar-refractivity contribution in [3.05, 3.63) is 34.0 Å². The van der Waals surface area contributed by atoms with Crippen molar-refractivity contribution in [1.82, 2.24) is 0 Å². The van der Waals surface area contributed by atoms with Crippen molar-refractivity contribution in [3.8, 4) is 23.0 Å². The Labute approximate surface area is 118 Å². The molecule has 1 heterocycles. The van der Waals surface area contributed by atoms with Crippen LogP contribution in [0.5, 0.6) is 23.0 Å². The first-order valence-electron chi connectivity index (χ1n) is 6.13. The number of fused-ring (bicyclic) bond motifs is 2. The maximum Gasteiger partial charge on any atom is 0.204 e. The van der Waals surface area contributed by atoms with Crippen LogP contribution in [-0.2, 0) is 0 Å². The molecule has 0 amide bonds. The Bertz CT molecular complexity index is 939. The number of ether oxygens (including phenoxy) is 1. The lowest BCUT2D eigenvalue weighted by Gasteiger charge is -2.10. The zero-order chi connectivity index (χ0) is 15.3. The fourth-order valence-corrected chi connectivity index (χ4v) is 2.46. The molecule has 0 aliphatic rings. The van der Waals surface area contributed by atoms with E-state index in [0.29, 0.717) is 5.56 Å². The summed E-state index contributed by atoms with van der Waals surface area (Å²) in [6, 6.07) is 3.67. The number of methoxy groups -OCH3 is 1. The van der Waals surface area contributed by atoms with E-state index in [1.807, 2.05) is 0 Å². The molecular formula is C15H12O6. The van der Waals surface area contributed by atoms with Crippen molar-refractivity contribution in [2.75, 3.05) is 7.11 Å². The summed E-state index contributed by atoms with van der Waals surface area (Å²) in [6.07, 6.45) is 0. The maximum atomic E-state index is 12.6. The highest BCUT2D eigenvalue weighted by Gasteiger charge is 2.19. The van der Waals surface area contributed by atoms with Crippen molar-refractivity contribution < 1.29 is 24.5 Å². The van der Waals surface area contributed by atoms with Crippen LogP contribution in [0.25, 0.3) is 21.9 Å². The molecule has 3 aromatic rings.